The Kier molecular flexibility index (Phi) is 8.81. The average molecular weight is 555 g/mol. The summed E-state index contributed by atoms with van der Waals surface area (Å²) >= 11 is 0. The van der Waals surface area contributed by atoms with Crippen molar-refractivity contribution in [2.75, 3.05) is 13.7 Å². The van der Waals surface area contributed by atoms with E-state index in [1.54, 1.807) is 19.1 Å². The Bertz CT molecular complexity index is 1060. The molecule has 4 rings (SSSR count). The molecule has 216 valence electrons. The highest BCUT2D eigenvalue weighted by atomic mass is 16.8. The Morgan fingerprint density at radius 1 is 1.05 bits per heavy atom. The molecule has 2 heterocycles. The number of carbonyl (C=O) groups is 2. The summed E-state index contributed by atoms with van der Waals surface area (Å²) in [6.45, 7) is 0.885. The van der Waals surface area contributed by atoms with Crippen LogP contribution in [0.4, 0.5) is 0 Å². The normalized spacial score (nSPS) is 37.8. The first-order valence-electron chi connectivity index (χ1n) is 12.6. The zero-order valence-electron chi connectivity index (χ0n) is 21.5. The molecule has 0 amide bonds. The Labute approximate surface area is 224 Å². The van der Waals surface area contributed by atoms with E-state index < -0.39 is 79.1 Å². The first-order valence-corrected chi connectivity index (χ1v) is 12.6. The number of rotatable bonds is 8. The molecule has 10 atom stereocenters. The lowest BCUT2D eigenvalue weighted by Crippen LogP contribution is -2.61. The molecule has 0 bridgehead atoms. The van der Waals surface area contributed by atoms with Gasteiger partial charge in [0.05, 0.1) is 37.6 Å². The predicted octanol–water partition coefficient (Wildman–Crippen LogP) is -1.15. The topological polar surface area (TPSA) is 202 Å². The highest BCUT2D eigenvalue weighted by molar-refractivity contribution is 5.89. The van der Waals surface area contributed by atoms with Gasteiger partial charge in [0.1, 0.15) is 35.8 Å². The third-order valence-corrected chi connectivity index (χ3v) is 7.54. The summed E-state index contributed by atoms with van der Waals surface area (Å²) in [7, 11) is 1.17. The molecule has 13 heteroatoms. The van der Waals surface area contributed by atoms with Crippen molar-refractivity contribution in [3.63, 3.8) is 0 Å². The maximum absolute atomic E-state index is 12.9. The minimum atomic E-state index is -1.73. The van der Waals surface area contributed by atoms with Crippen molar-refractivity contribution >= 4 is 11.9 Å². The van der Waals surface area contributed by atoms with E-state index in [-0.39, 0.29) is 24.2 Å². The molecular formula is C26H34O13. The van der Waals surface area contributed by atoms with Crippen molar-refractivity contribution in [2.45, 2.75) is 74.9 Å². The van der Waals surface area contributed by atoms with Crippen LogP contribution in [0.1, 0.15) is 25.3 Å². The van der Waals surface area contributed by atoms with E-state index in [1.807, 2.05) is 0 Å². The van der Waals surface area contributed by atoms with Crippen molar-refractivity contribution in [1.29, 1.82) is 0 Å². The van der Waals surface area contributed by atoms with Crippen LogP contribution in [0.2, 0.25) is 0 Å². The zero-order valence-corrected chi connectivity index (χ0v) is 21.5. The molecule has 0 spiro atoms. The molecular weight excluding hydrogens is 520 g/mol. The number of aliphatic hydroxyl groups excluding tert-OH is 5. The fourth-order valence-corrected chi connectivity index (χ4v) is 5.52. The Hall–Kier alpha value is -2.78. The Balaban J connectivity index is 1.56. The van der Waals surface area contributed by atoms with Gasteiger partial charge < -0.3 is 54.3 Å². The van der Waals surface area contributed by atoms with Crippen LogP contribution in [0, 0.1) is 11.8 Å². The molecule has 1 aliphatic carbocycles. The van der Waals surface area contributed by atoms with Crippen molar-refractivity contribution < 1.29 is 63.9 Å². The summed E-state index contributed by atoms with van der Waals surface area (Å²) in [5.74, 6) is -3.21. The second kappa shape index (κ2) is 11.8. The van der Waals surface area contributed by atoms with Crippen LogP contribution in [-0.2, 0) is 39.7 Å². The third kappa shape index (κ3) is 5.89. The Morgan fingerprint density at radius 2 is 1.74 bits per heavy atom. The number of carbonyl (C=O) groups excluding carboxylic acids is 2. The van der Waals surface area contributed by atoms with E-state index in [0.717, 1.165) is 11.8 Å². The number of phenols is 1. The van der Waals surface area contributed by atoms with Crippen LogP contribution in [-0.4, -0.2) is 105 Å². The molecule has 1 aromatic carbocycles. The molecule has 1 aromatic rings. The van der Waals surface area contributed by atoms with Crippen LogP contribution < -0.4 is 0 Å². The van der Waals surface area contributed by atoms with Crippen molar-refractivity contribution in [1.82, 2.24) is 0 Å². The van der Waals surface area contributed by atoms with E-state index >= 15 is 0 Å². The Morgan fingerprint density at radius 3 is 2.38 bits per heavy atom. The van der Waals surface area contributed by atoms with Gasteiger partial charge in [-0.25, -0.2) is 4.79 Å². The van der Waals surface area contributed by atoms with Gasteiger partial charge in [-0.05, 0) is 31.0 Å². The average Bonchev–Trinajstić information content (AvgIpc) is 3.18. The molecule has 2 aliphatic heterocycles. The van der Waals surface area contributed by atoms with Gasteiger partial charge in [0, 0.05) is 18.8 Å². The fraction of sp³-hybridized carbons (Fsp3) is 0.615. The quantitative estimate of drug-likeness (QED) is 0.211. The van der Waals surface area contributed by atoms with E-state index in [0.29, 0.717) is 6.42 Å². The lowest BCUT2D eigenvalue weighted by atomic mass is 9.80. The van der Waals surface area contributed by atoms with Gasteiger partial charge in [0.15, 0.2) is 6.29 Å². The largest absolute Gasteiger partial charge is 0.508 e. The third-order valence-electron chi connectivity index (χ3n) is 7.54. The number of aryl methyl sites for hydroxylation is 1. The summed E-state index contributed by atoms with van der Waals surface area (Å²) in [6.07, 6.45) is -9.11. The van der Waals surface area contributed by atoms with Crippen LogP contribution in [0.25, 0.3) is 0 Å². The van der Waals surface area contributed by atoms with E-state index in [9.17, 15) is 40.2 Å². The lowest BCUT2D eigenvalue weighted by Gasteiger charge is -2.44. The number of benzene rings is 1. The molecule has 1 saturated heterocycles. The fourth-order valence-electron chi connectivity index (χ4n) is 5.52. The van der Waals surface area contributed by atoms with E-state index in [4.69, 9.17) is 23.7 Å². The number of aliphatic hydroxyl groups is 5. The van der Waals surface area contributed by atoms with Gasteiger partial charge in [0.25, 0.3) is 0 Å². The second-order valence-corrected chi connectivity index (χ2v) is 10.2. The number of fused-ring (bicyclic) bond motifs is 1. The SMILES string of the molecule is COC(=O)C1=COC(OC2OC(CO)C(O)C(O)C2O)C2C1C(O)CC2(C)OC(=O)CCc1ccc(O)cc1. The number of hydrogen-bond acceptors (Lipinski definition) is 13. The number of methoxy groups -OCH3 is 1. The predicted molar refractivity (Wildman–Crippen MR) is 128 cm³/mol. The van der Waals surface area contributed by atoms with Gasteiger partial charge in [-0.2, -0.15) is 0 Å². The number of ether oxygens (including phenoxy) is 5. The molecule has 0 aromatic heterocycles. The number of hydrogen-bond donors (Lipinski definition) is 6. The second-order valence-electron chi connectivity index (χ2n) is 10.2. The highest BCUT2D eigenvalue weighted by Crippen LogP contribution is 2.51. The molecule has 0 radical (unpaired) electrons. The maximum Gasteiger partial charge on any atom is 0.337 e. The van der Waals surface area contributed by atoms with Gasteiger partial charge >= 0.3 is 11.9 Å². The summed E-state index contributed by atoms with van der Waals surface area (Å²) in [6, 6.07) is 6.35. The molecule has 39 heavy (non-hydrogen) atoms. The summed E-state index contributed by atoms with van der Waals surface area (Å²) in [4.78, 5) is 25.4. The molecule has 13 nitrogen and oxygen atoms in total. The highest BCUT2D eigenvalue weighted by Gasteiger charge is 2.62. The van der Waals surface area contributed by atoms with Gasteiger partial charge in [-0.3, -0.25) is 4.79 Å². The summed E-state index contributed by atoms with van der Waals surface area (Å²) in [5.41, 5.74) is -0.630. The maximum atomic E-state index is 12.9. The number of phenolic OH excluding ortho intramolecular Hbond substituents is 1. The first kappa shape index (κ1) is 29.2. The number of esters is 2. The van der Waals surface area contributed by atoms with Crippen LogP contribution in [0.5, 0.6) is 5.75 Å². The first-order chi connectivity index (χ1) is 18.5. The number of aromatic hydroxyl groups is 1. The van der Waals surface area contributed by atoms with Crippen LogP contribution >= 0.6 is 0 Å². The summed E-state index contributed by atoms with van der Waals surface area (Å²) in [5, 5.41) is 60.6. The standard InChI is InChI=1S/C26H34O13/c1-26(39-17(30)8-5-12-3-6-13(28)7-4-12)9-15(29)18-14(23(34)35-2)11-36-24(19(18)26)38-25-22(33)21(32)20(31)16(10-27)37-25/h3-4,6-7,11,15-16,18-22,24-25,27-29,31-33H,5,8-10H2,1-2H3. The van der Waals surface area contributed by atoms with Crippen LogP contribution in [0.15, 0.2) is 36.1 Å². The molecule has 2 fully saturated rings. The minimum absolute atomic E-state index is 0.00693. The van der Waals surface area contributed by atoms with Crippen molar-refractivity contribution in [3.05, 3.63) is 41.7 Å². The van der Waals surface area contributed by atoms with Gasteiger partial charge in [-0.1, -0.05) is 12.1 Å². The zero-order chi connectivity index (χ0) is 28.5. The lowest BCUT2D eigenvalue weighted by molar-refractivity contribution is -0.346. The van der Waals surface area contributed by atoms with E-state index in [1.165, 1.54) is 19.2 Å². The summed E-state index contributed by atoms with van der Waals surface area (Å²) < 4.78 is 27.6. The smallest absolute Gasteiger partial charge is 0.337 e. The monoisotopic (exact) mass is 554 g/mol. The van der Waals surface area contributed by atoms with Crippen LogP contribution in [0.3, 0.4) is 0 Å². The molecule has 3 aliphatic rings. The molecule has 1 saturated carbocycles. The van der Waals surface area contributed by atoms with Gasteiger partial charge in [0.2, 0.25) is 6.29 Å². The van der Waals surface area contributed by atoms with E-state index in [2.05, 4.69) is 0 Å². The van der Waals surface area contributed by atoms with Crippen molar-refractivity contribution in [2.24, 2.45) is 11.8 Å². The minimum Gasteiger partial charge on any atom is -0.508 e. The van der Waals surface area contributed by atoms with Gasteiger partial charge in [-0.15, -0.1) is 0 Å². The van der Waals surface area contributed by atoms with Crippen molar-refractivity contribution in [3.8, 4) is 5.75 Å². The molecule has 6 N–H and O–H groups in total. The molecule has 10 unspecified atom stereocenters.